The molecule has 3 atom stereocenters. The molecule has 1 saturated heterocycles. The zero-order valence-electron chi connectivity index (χ0n) is 19.9. The van der Waals surface area contributed by atoms with E-state index in [1.54, 1.807) is 30.6 Å². The molecule has 10 nitrogen and oxygen atoms in total. The van der Waals surface area contributed by atoms with E-state index in [0.717, 1.165) is 25.7 Å². The summed E-state index contributed by atoms with van der Waals surface area (Å²) in [5.41, 5.74) is 12.4. The van der Waals surface area contributed by atoms with E-state index in [-0.39, 0.29) is 40.2 Å². The highest BCUT2D eigenvalue weighted by Gasteiger charge is 2.46. The maximum atomic E-state index is 14.9. The van der Waals surface area contributed by atoms with Gasteiger partial charge in [-0.05, 0) is 49.4 Å². The van der Waals surface area contributed by atoms with Crippen molar-refractivity contribution in [3.05, 3.63) is 70.3 Å². The molecule has 1 aromatic carbocycles. The number of nitrogens with two attached hydrogens (primary N) is 2. The summed E-state index contributed by atoms with van der Waals surface area (Å²) >= 11 is 0. The van der Waals surface area contributed by atoms with Crippen LogP contribution in [0.2, 0.25) is 0 Å². The fourth-order valence-electron chi connectivity index (χ4n) is 5.94. The Morgan fingerprint density at radius 1 is 1.08 bits per heavy atom. The van der Waals surface area contributed by atoms with Crippen molar-refractivity contribution < 1.29 is 4.39 Å². The van der Waals surface area contributed by atoms with Crippen LogP contribution >= 0.6 is 0 Å². The molecule has 37 heavy (non-hydrogen) atoms. The molecule has 0 spiro atoms. The number of aromatic nitrogens is 5. The van der Waals surface area contributed by atoms with Crippen molar-refractivity contribution in [2.24, 2.45) is 5.92 Å². The number of hydrogen-bond acceptors (Lipinski definition) is 9. The summed E-state index contributed by atoms with van der Waals surface area (Å²) in [5, 5.41) is 9.86. The maximum Gasteiger partial charge on any atom is 0.269 e. The quantitative estimate of drug-likeness (QED) is 0.434. The minimum absolute atomic E-state index is 0.00111. The van der Waals surface area contributed by atoms with Gasteiger partial charge in [-0.1, -0.05) is 18.9 Å². The molecule has 0 bridgehead atoms. The Morgan fingerprint density at radius 3 is 2.70 bits per heavy atom. The molecule has 3 aromatic heterocycles. The van der Waals surface area contributed by atoms with Crippen LogP contribution in [0.5, 0.6) is 0 Å². The second kappa shape index (κ2) is 8.81. The first-order valence-electron chi connectivity index (χ1n) is 12.2. The summed E-state index contributed by atoms with van der Waals surface area (Å²) < 4.78 is 16.3. The third kappa shape index (κ3) is 3.64. The SMILES string of the molecule is N#Cc1c(N)nc(N)nc1N1[C@H](c2nc3cccc(F)c3c(=O)n2-c2cccnc2)C[C@@H]2CCCC[C@@H]21. The number of rotatable bonds is 3. The molecule has 1 aliphatic heterocycles. The van der Waals surface area contributed by atoms with Crippen LogP contribution in [-0.4, -0.2) is 30.5 Å². The summed E-state index contributed by atoms with van der Waals surface area (Å²) in [6.45, 7) is 0. The number of nitriles is 1. The number of benzene rings is 1. The van der Waals surface area contributed by atoms with Crippen LogP contribution in [-0.2, 0) is 0 Å². The first kappa shape index (κ1) is 22.8. The molecule has 0 amide bonds. The van der Waals surface area contributed by atoms with Crippen LogP contribution in [0, 0.1) is 23.1 Å². The van der Waals surface area contributed by atoms with Crippen molar-refractivity contribution in [2.45, 2.75) is 44.2 Å². The van der Waals surface area contributed by atoms with Crippen molar-refractivity contribution in [2.75, 3.05) is 16.4 Å². The monoisotopic (exact) mass is 497 g/mol. The molecule has 11 heteroatoms. The van der Waals surface area contributed by atoms with Gasteiger partial charge in [-0.25, -0.2) is 9.37 Å². The van der Waals surface area contributed by atoms with Gasteiger partial charge < -0.3 is 16.4 Å². The van der Waals surface area contributed by atoms with Gasteiger partial charge in [0.2, 0.25) is 5.95 Å². The van der Waals surface area contributed by atoms with Gasteiger partial charge in [-0.2, -0.15) is 15.2 Å². The molecule has 4 heterocycles. The van der Waals surface area contributed by atoms with E-state index >= 15 is 0 Å². The Labute approximate surface area is 211 Å². The molecule has 4 aromatic rings. The van der Waals surface area contributed by atoms with Crippen LogP contribution in [0.25, 0.3) is 16.6 Å². The lowest BCUT2D eigenvalue weighted by molar-refractivity contribution is 0.341. The number of fused-ring (bicyclic) bond motifs is 2. The van der Waals surface area contributed by atoms with Crippen molar-refractivity contribution in [1.29, 1.82) is 5.26 Å². The van der Waals surface area contributed by atoms with E-state index in [1.807, 2.05) is 4.90 Å². The molecule has 4 N–H and O–H groups in total. The zero-order chi connectivity index (χ0) is 25.7. The molecular formula is C26H24FN9O. The van der Waals surface area contributed by atoms with Crippen molar-refractivity contribution in [1.82, 2.24) is 24.5 Å². The van der Waals surface area contributed by atoms with Crippen LogP contribution in [0.4, 0.5) is 22.0 Å². The second-order valence-corrected chi connectivity index (χ2v) is 9.50. The Bertz CT molecular complexity index is 1610. The van der Waals surface area contributed by atoms with Crippen LogP contribution < -0.4 is 21.9 Å². The average Bonchev–Trinajstić information content (AvgIpc) is 3.28. The molecule has 6 rings (SSSR count). The highest BCUT2D eigenvalue weighted by molar-refractivity contribution is 5.79. The van der Waals surface area contributed by atoms with E-state index in [2.05, 4.69) is 21.0 Å². The van der Waals surface area contributed by atoms with Crippen molar-refractivity contribution in [3.8, 4) is 11.8 Å². The van der Waals surface area contributed by atoms with E-state index in [4.69, 9.17) is 16.5 Å². The number of anilines is 3. The van der Waals surface area contributed by atoms with Gasteiger partial charge in [-0.15, -0.1) is 0 Å². The van der Waals surface area contributed by atoms with Crippen molar-refractivity contribution >= 4 is 28.5 Å². The fraction of sp³-hybridized carbons (Fsp3) is 0.308. The zero-order valence-corrected chi connectivity index (χ0v) is 19.9. The van der Waals surface area contributed by atoms with Gasteiger partial charge in [0.1, 0.15) is 34.5 Å². The Morgan fingerprint density at radius 2 is 1.92 bits per heavy atom. The number of pyridine rings is 1. The number of halogens is 1. The van der Waals surface area contributed by atoms with Gasteiger partial charge in [-0.3, -0.25) is 14.3 Å². The summed E-state index contributed by atoms with van der Waals surface area (Å²) in [4.78, 5) is 33.3. The van der Waals surface area contributed by atoms with Gasteiger partial charge >= 0.3 is 0 Å². The molecule has 1 saturated carbocycles. The van der Waals surface area contributed by atoms with Gasteiger partial charge in [0.15, 0.2) is 5.82 Å². The first-order valence-corrected chi connectivity index (χ1v) is 12.2. The van der Waals surface area contributed by atoms with Crippen LogP contribution in [0.15, 0.2) is 47.5 Å². The second-order valence-electron chi connectivity index (χ2n) is 9.50. The maximum absolute atomic E-state index is 14.9. The predicted octanol–water partition coefficient (Wildman–Crippen LogP) is 3.26. The number of hydrogen-bond donors (Lipinski definition) is 2. The lowest BCUT2D eigenvalue weighted by atomic mass is 9.84. The Kier molecular flexibility index (Phi) is 5.44. The van der Waals surface area contributed by atoms with Gasteiger partial charge in [0.05, 0.1) is 23.4 Å². The van der Waals surface area contributed by atoms with Crippen molar-refractivity contribution in [3.63, 3.8) is 0 Å². The highest BCUT2D eigenvalue weighted by Crippen LogP contribution is 2.49. The smallest absolute Gasteiger partial charge is 0.269 e. The lowest BCUT2D eigenvalue weighted by Gasteiger charge is -2.35. The summed E-state index contributed by atoms with van der Waals surface area (Å²) in [6.07, 6.45) is 7.82. The molecule has 2 aliphatic rings. The largest absolute Gasteiger partial charge is 0.382 e. The topological polar surface area (TPSA) is 153 Å². The summed E-state index contributed by atoms with van der Waals surface area (Å²) in [7, 11) is 0. The molecular weight excluding hydrogens is 473 g/mol. The predicted molar refractivity (Wildman–Crippen MR) is 136 cm³/mol. The summed E-state index contributed by atoms with van der Waals surface area (Å²) in [6, 6.07) is 9.59. The highest BCUT2D eigenvalue weighted by atomic mass is 19.1. The van der Waals surface area contributed by atoms with E-state index in [0.29, 0.717) is 23.8 Å². The Hall–Kier alpha value is -4.59. The molecule has 186 valence electrons. The van der Waals surface area contributed by atoms with E-state index in [1.165, 1.54) is 16.7 Å². The van der Waals surface area contributed by atoms with Gasteiger partial charge in [0.25, 0.3) is 5.56 Å². The average molecular weight is 498 g/mol. The minimum Gasteiger partial charge on any atom is -0.382 e. The normalized spacial score (nSPS) is 21.1. The van der Waals surface area contributed by atoms with E-state index in [9.17, 15) is 14.4 Å². The lowest BCUT2D eigenvalue weighted by Crippen LogP contribution is -2.39. The standard InChI is InChI=1S/C26H24FN9O/c27-17-7-3-8-18-21(17)25(37)35(15-6-4-10-31-13-15)24(32-18)20-11-14-5-1-2-9-19(14)36(20)23-16(12-28)22(29)33-26(30)34-23/h3-4,6-8,10,13-14,19-20H,1-2,5,9,11H2,(H4,29,30,33,34)/t14-,19-,20-/m0/s1. The molecule has 0 unspecified atom stereocenters. The molecule has 0 radical (unpaired) electrons. The Balaban J connectivity index is 1.65. The van der Waals surface area contributed by atoms with E-state index < -0.39 is 17.4 Å². The first-order chi connectivity index (χ1) is 18.0. The number of nitrogens with zero attached hydrogens (tertiary/aromatic N) is 7. The van der Waals surface area contributed by atoms with Crippen LogP contribution in [0.3, 0.4) is 0 Å². The summed E-state index contributed by atoms with van der Waals surface area (Å²) in [5.74, 6) is 0.358. The van der Waals surface area contributed by atoms with Gasteiger partial charge in [0, 0.05) is 12.2 Å². The third-order valence-corrected chi connectivity index (χ3v) is 7.45. The minimum atomic E-state index is -0.640. The fourth-order valence-corrected chi connectivity index (χ4v) is 5.94. The number of nitrogen functional groups attached to an aromatic ring is 2. The van der Waals surface area contributed by atoms with Crippen LogP contribution in [0.1, 0.15) is 49.5 Å². The molecule has 1 aliphatic carbocycles. The molecule has 2 fully saturated rings. The third-order valence-electron chi connectivity index (χ3n) is 7.45.